The second-order valence-electron chi connectivity index (χ2n) is 5.30. The van der Waals surface area contributed by atoms with Crippen molar-refractivity contribution < 1.29 is 9.53 Å². The zero-order valence-electron chi connectivity index (χ0n) is 11.4. The number of carbonyl (C=O) groups excluding carboxylic acids is 1. The summed E-state index contributed by atoms with van der Waals surface area (Å²) in [6, 6.07) is 7.68. The van der Waals surface area contributed by atoms with Crippen molar-refractivity contribution in [3.05, 3.63) is 29.8 Å². The molecule has 1 saturated carbocycles. The number of hydrogen-bond acceptors (Lipinski definition) is 3. The molecule has 0 aromatic heterocycles. The summed E-state index contributed by atoms with van der Waals surface area (Å²) in [4.78, 5) is 12.3. The summed E-state index contributed by atoms with van der Waals surface area (Å²) in [5.74, 6) is -0.0678. The van der Waals surface area contributed by atoms with Crippen LogP contribution < -0.4 is 11.1 Å². The zero-order valence-corrected chi connectivity index (χ0v) is 11.4. The minimum Gasteiger partial charge on any atom is -0.380 e. The molecule has 3 N–H and O–H groups in total. The van der Waals surface area contributed by atoms with Gasteiger partial charge in [0.2, 0.25) is 5.91 Å². The van der Waals surface area contributed by atoms with Gasteiger partial charge in [0.05, 0.1) is 12.1 Å². The molecule has 0 saturated heterocycles. The largest absolute Gasteiger partial charge is 0.380 e. The first kappa shape index (κ1) is 14.0. The van der Waals surface area contributed by atoms with Gasteiger partial charge in [-0.1, -0.05) is 31.4 Å². The first-order chi connectivity index (χ1) is 9.14. The Bertz CT molecular complexity index is 440. The summed E-state index contributed by atoms with van der Waals surface area (Å²) in [7, 11) is 1.65. The molecule has 104 valence electrons. The fourth-order valence-corrected chi connectivity index (χ4v) is 2.57. The van der Waals surface area contributed by atoms with E-state index >= 15 is 0 Å². The first-order valence-electron chi connectivity index (χ1n) is 6.82. The van der Waals surface area contributed by atoms with Gasteiger partial charge in [-0.3, -0.25) is 4.79 Å². The lowest BCUT2D eigenvalue weighted by Crippen LogP contribution is -2.52. The van der Waals surface area contributed by atoms with Crippen molar-refractivity contribution in [3.63, 3.8) is 0 Å². The molecular weight excluding hydrogens is 240 g/mol. The molecule has 4 heteroatoms. The molecule has 4 nitrogen and oxygen atoms in total. The normalized spacial score (nSPS) is 18.0. The van der Waals surface area contributed by atoms with Crippen LogP contribution in [0, 0.1) is 0 Å². The number of benzene rings is 1. The number of ether oxygens (including phenoxy) is 1. The molecule has 1 amide bonds. The summed E-state index contributed by atoms with van der Waals surface area (Å²) < 4.78 is 5.09. The number of rotatable bonds is 4. The highest BCUT2D eigenvalue weighted by molar-refractivity contribution is 5.98. The van der Waals surface area contributed by atoms with Gasteiger partial charge in [0.15, 0.2) is 0 Å². The van der Waals surface area contributed by atoms with Crippen LogP contribution in [0.25, 0.3) is 0 Å². The molecular formula is C15H22N2O2. The summed E-state index contributed by atoms with van der Waals surface area (Å²) in [6.07, 6.45) is 4.80. The van der Waals surface area contributed by atoms with Crippen LogP contribution in [0.1, 0.15) is 37.7 Å². The van der Waals surface area contributed by atoms with Gasteiger partial charge in [-0.2, -0.15) is 0 Å². The minimum absolute atomic E-state index is 0.0678. The van der Waals surface area contributed by atoms with Crippen molar-refractivity contribution >= 4 is 11.6 Å². The van der Waals surface area contributed by atoms with Gasteiger partial charge in [0, 0.05) is 12.8 Å². The van der Waals surface area contributed by atoms with Gasteiger partial charge in [0.1, 0.15) is 0 Å². The highest BCUT2D eigenvalue weighted by Crippen LogP contribution is 2.27. The molecule has 2 rings (SSSR count). The number of methoxy groups -OCH3 is 1. The monoisotopic (exact) mass is 262 g/mol. The molecule has 19 heavy (non-hydrogen) atoms. The second-order valence-corrected chi connectivity index (χ2v) is 5.30. The fourth-order valence-electron chi connectivity index (χ4n) is 2.57. The first-order valence-corrected chi connectivity index (χ1v) is 6.82. The van der Waals surface area contributed by atoms with E-state index in [9.17, 15) is 4.79 Å². The van der Waals surface area contributed by atoms with Crippen molar-refractivity contribution in [2.45, 2.75) is 44.2 Å². The number of carbonyl (C=O) groups is 1. The van der Waals surface area contributed by atoms with E-state index in [1.54, 1.807) is 7.11 Å². The zero-order chi connectivity index (χ0) is 13.7. The van der Waals surface area contributed by atoms with E-state index in [0.717, 1.165) is 36.9 Å². The van der Waals surface area contributed by atoms with E-state index in [1.807, 2.05) is 24.3 Å². The van der Waals surface area contributed by atoms with Crippen LogP contribution in [0.4, 0.5) is 5.69 Å². The maximum Gasteiger partial charge on any atom is 0.244 e. The Balaban J connectivity index is 2.03. The van der Waals surface area contributed by atoms with Gasteiger partial charge in [-0.15, -0.1) is 0 Å². The van der Waals surface area contributed by atoms with E-state index in [2.05, 4.69) is 5.32 Å². The van der Waals surface area contributed by atoms with E-state index in [4.69, 9.17) is 10.5 Å². The lowest BCUT2D eigenvalue weighted by Gasteiger charge is -2.31. The topological polar surface area (TPSA) is 64.3 Å². The predicted molar refractivity (Wildman–Crippen MR) is 75.8 cm³/mol. The molecule has 1 aliphatic rings. The van der Waals surface area contributed by atoms with Crippen LogP contribution >= 0.6 is 0 Å². The van der Waals surface area contributed by atoms with Crippen LogP contribution in [0.5, 0.6) is 0 Å². The summed E-state index contributed by atoms with van der Waals surface area (Å²) >= 11 is 0. The molecule has 0 atom stereocenters. The van der Waals surface area contributed by atoms with E-state index in [1.165, 1.54) is 6.42 Å². The van der Waals surface area contributed by atoms with Crippen LogP contribution in [-0.4, -0.2) is 18.6 Å². The lowest BCUT2D eigenvalue weighted by atomic mass is 9.82. The Morgan fingerprint density at radius 1 is 1.37 bits per heavy atom. The van der Waals surface area contributed by atoms with Gasteiger partial charge in [0.25, 0.3) is 0 Å². The minimum atomic E-state index is -0.699. The molecule has 0 radical (unpaired) electrons. The molecule has 0 spiro atoms. The predicted octanol–water partition coefficient (Wildman–Crippen LogP) is 2.43. The second kappa shape index (κ2) is 6.17. The van der Waals surface area contributed by atoms with E-state index in [-0.39, 0.29) is 5.91 Å². The van der Waals surface area contributed by atoms with Crippen molar-refractivity contribution in [2.24, 2.45) is 5.73 Å². The Morgan fingerprint density at radius 2 is 2.11 bits per heavy atom. The third kappa shape index (κ3) is 3.55. The smallest absolute Gasteiger partial charge is 0.244 e. The molecule has 1 fully saturated rings. The van der Waals surface area contributed by atoms with Crippen molar-refractivity contribution in [1.82, 2.24) is 0 Å². The molecule has 0 unspecified atom stereocenters. The fraction of sp³-hybridized carbons (Fsp3) is 0.533. The molecule has 0 bridgehead atoms. The standard InChI is InChI=1S/C15H22N2O2/c1-19-11-12-6-5-7-13(10-12)17-14(18)15(16)8-3-2-4-9-15/h5-7,10H,2-4,8-9,11,16H2,1H3,(H,17,18). The van der Waals surface area contributed by atoms with Crippen molar-refractivity contribution in [1.29, 1.82) is 0 Å². The third-order valence-electron chi connectivity index (χ3n) is 3.69. The Labute approximate surface area is 114 Å². The van der Waals surface area contributed by atoms with Gasteiger partial charge in [-0.25, -0.2) is 0 Å². The van der Waals surface area contributed by atoms with Crippen LogP contribution in [0.15, 0.2) is 24.3 Å². The number of hydrogen-bond donors (Lipinski definition) is 2. The molecule has 1 aromatic carbocycles. The number of nitrogens with two attached hydrogens (primary N) is 1. The van der Waals surface area contributed by atoms with Gasteiger partial charge in [-0.05, 0) is 30.5 Å². The average Bonchev–Trinajstić information content (AvgIpc) is 2.40. The van der Waals surface area contributed by atoms with Crippen LogP contribution in [0.3, 0.4) is 0 Å². The molecule has 0 aliphatic heterocycles. The number of amides is 1. The third-order valence-corrected chi connectivity index (χ3v) is 3.69. The maximum absolute atomic E-state index is 12.3. The van der Waals surface area contributed by atoms with Crippen LogP contribution in [0.2, 0.25) is 0 Å². The van der Waals surface area contributed by atoms with E-state index < -0.39 is 5.54 Å². The summed E-state index contributed by atoms with van der Waals surface area (Å²) in [6.45, 7) is 0.539. The Kier molecular flexibility index (Phi) is 4.56. The molecule has 1 aromatic rings. The highest BCUT2D eigenvalue weighted by atomic mass is 16.5. The quantitative estimate of drug-likeness (QED) is 0.876. The van der Waals surface area contributed by atoms with Gasteiger partial charge >= 0.3 is 0 Å². The summed E-state index contributed by atoms with van der Waals surface area (Å²) in [5.41, 5.74) is 7.34. The Hall–Kier alpha value is -1.39. The molecule has 1 aliphatic carbocycles. The van der Waals surface area contributed by atoms with Crippen molar-refractivity contribution in [2.75, 3.05) is 12.4 Å². The van der Waals surface area contributed by atoms with Gasteiger partial charge < -0.3 is 15.8 Å². The number of nitrogens with one attached hydrogen (secondary N) is 1. The molecule has 0 heterocycles. The maximum atomic E-state index is 12.3. The summed E-state index contributed by atoms with van der Waals surface area (Å²) in [5, 5.41) is 2.93. The lowest BCUT2D eigenvalue weighted by molar-refractivity contribution is -0.122. The SMILES string of the molecule is COCc1cccc(NC(=O)C2(N)CCCCC2)c1. The van der Waals surface area contributed by atoms with Crippen LogP contribution in [-0.2, 0) is 16.1 Å². The van der Waals surface area contributed by atoms with Crippen molar-refractivity contribution in [3.8, 4) is 0 Å². The van der Waals surface area contributed by atoms with E-state index in [0.29, 0.717) is 6.61 Å². The highest BCUT2D eigenvalue weighted by Gasteiger charge is 2.35. The Morgan fingerprint density at radius 3 is 2.79 bits per heavy atom. The average molecular weight is 262 g/mol. The number of anilines is 1.